The van der Waals surface area contributed by atoms with Crippen molar-refractivity contribution in [3.63, 3.8) is 0 Å². The van der Waals surface area contributed by atoms with Crippen LogP contribution in [0, 0.1) is 5.82 Å². The van der Waals surface area contributed by atoms with Crippen molar-refractivity contribution in [1.82, 2.24) is 0 Å². The quantitative estimate of drug-likeness (QED) is 0.729. The highest BCUT2D eigenvalue weighted by atomic mass is 32.1. The molecule has 1 aromatic rings. The highest BCUT2D eigenvalue weighted by Gasteiger charge is 1.99. The minimum atomic E-state index is -0.189. The number of halogens is 1. The molecule has 0 bridgehead atoms. The zero-order chi connectivity index (χ0) is 9.68. The number of hydrogen-bond donors (Lipinski definition) is 1. The van der Waals surface area contributed by atoms with Crippen LogP contribution in [0.2, 0.25) is 0 Å². The van der Waals surface area contributed by atoms with Crippen LogP contribution >= 0.6 is 12.6 Å². The van der Waals surface area contributed by atoms with Crippen LogP contribution in [0.3, 0.4) is 0 Å². The molecule has 1 aromatic carbocycles. The highest BCUT2D eigenvalue weighted by molar-refractivity contribution is 7.80. The van der Waals surface area contributed by atoms with Gasteiger partial charge in [0.1, 0.15) is 5.82 Å². The van der Waals surface area contributed by atoms with E-state index in [1.807, 2.05) is 7.05 Å². The molecule has 0 unspecified atom stereocenters. The summed E-state index contributed by atoms with van der Waals surface area (Å²) >= 11 is 4.14. The summed E-state index contributed by atoms with van der Waals surface area (Å²) in [6, 6.07) is 6.53. The van der Waals surface area contributed by atoms with Crippen molar-refractivity contribution in [1.29, 1.82) is 0 Å². The lowest BCUT2D eigenvalue weighted by atomic mass is 10.3. The molecule has 0 N–H and O–H groups in total. The Morgan fingerprint density at radius 2 is 1.92 bits per heavy atom. The van der Waals surface area contributed by atoms with Crippen LogP contribution in [-0.4, -0.2) is 19.3 Å². The summed E-state index contributed by atoms with van der Waals surface area (Å²) in [6.07, 6.45) is 1.04. The van der Waals surface area contributed by atoms with Gasteiger partial charge in [-0.1, -0.05) is 0 Å². The number of nitrogens with zero attached hydrogens (tertiary/aromatic N) is 1. The van der Waals surface area contributed by atoms with E-state index >= 15 is 0 Å². The summed E-state index contributed by atoms with van der Waals surface area (Å²) in [6.45, 7) is 0.954. The van der Waals surface area contributed by atoms with Crippen LogP contribution < -0.4 is 4.90 Å². The Morgan fingerprint density at radius 1 is 1.31 bits per heavy atom. The molecule has 0 atom stereocenters. The SMILES string of the molecule is CN(CCCS)c1ccc(F)cc1. The summed E-state index contributed by atoms with van der Waals surface area (Å²) < 4.78 is 12.6. The molecule has 0 aromatic heterocycles. The molecule has 0 heterocycles. The van der Waals surface area contributed by atoms with E-state index < -0.39 is 0 Å². The molecule has 0 saturated heterocycles. The van der Waals surface area contributed by atoms with Crippen molar-refractivity contribution in [3.05, 3.63) is 30.1 Å². The molecule has 72 valence electrons. The molecule has 0 radical (unpaired) electrons. The van der Waals surface area contributed by atoms with Crippen molar-refractivity contribution < 1.29 is 4.39 Å². The number of thiol groups is 1. The molecule has 0 aliphatic rings. The molecular weight excluding hydrogens is 185 g/mol. The smallest absolute Gasteiger partial charge is 0.123 e. The summed E-state index contributed by atoms with van der Waals surface area (Å²) in [5.41, 5.74) is 1.04. The van der Waals surface area contributed by atoms with E-state index in [0.29, 0.717) is 0 Å². The number of benzene rings is 1. The summed E-state index contributed by atoms with van der Waals surface area (Å²) in [5, 5.41) is 0. The van der Waals surface area contributed by atoms with Gasteiger partial charge in [-0.15, -0.1) is 0 Å². The van der Waals surface area contributed by atoms with Gasteiger partial charge in [-0.05, 0) is 36.4 Å². The molecule has 1 nitrogen and oxygen atoms in total. The van der Waals surface area contributed by atoms with E-state index in [-0.39, 0.29) is 5.82 Å². The fourth-order valence-corrected chi connectivity index (χ4v) is 1.27. The topological polar surface area (TPSA) is 3.24 Å². The zero-order valence-corrected chi connectivity index (χ0v) is 8.60. The monoisotopic (exact) mass is 199 g/mol. The molecule has 1 rings (SSSR count). The van der Waals surface area contributed by atoms with Crippen molar-refractivity contribution in [3.8, 4) is 0 Å². The lowest BCUT2D eigenvalue weighted by Gasteiger charge is -2.18. The standard InChI is InChI=1S/C10H14FNS/c1-12(7-2-8-13)10-5-3-9(11)4-6-10/h3-6,13H,2,7-8H2,1H3. The normalized spacial score (nSPS) is 10.1. The molecular formula is C10H14FNS. The summed E-state index contributed by atoms with van der Waals surface area (Å²) in [4.78, 5) is 2.09. The lowest BCUT2D eigenvalue weighted by molar-refractivity contribution is 0.627. The second kappa shape index (κ2) is 5.12. The minimum absolute atomic E-state index is 0.189. The Balaban J connectivity index is 2.55. The van der Waals surface area contributed by atoms with Crippen LogP contribution in [0.4, 0.5) is 10.1 Å². The largest absolute Gasteiger partial charge is 0.375 e. The maximum absolute atomic E-state index is 12.6. The van der Waals surface area contributed by atoms with Gasteiger partial charge in [-0.25, -0.2) is 4.39 Å². The van der Waals surface area contributed by atoms with Crippen molar-refractivity contribution >= 4 is 18.3 Å². The van der Waals surface area contributed by atoms with E-state index in [1.165, 1.54) is 12.1 Å². The van der Waals surface area contributed by atoms with Crippen LogP contribution in [-0.2, 0) is 0 Å². The Morgan fingerprint density at radius 3 is 2.46 bits per heavy atom. The zero-order valence-electron chi connectivity index (χ0n) is 7.70. The second-order valence-corrected chi connectivity index (χ2v) is 3.42. The first-order chi connectivity index (χ1) is 6.24. The first-order valence-electron chi connectivity index (χ1n) is 4.31. The molecule has 0 amide bonds. The van der Waals surface area contributed by atoms with Gasteiger partial charge in [-0.2, -0.15) is 12.6 Å². The molecule has 0 fully saturated rings. The minimum Gasteiger partial charge on any atom is -0.375 e. The first-order valence-corrected chi connectivity index (χ1v) is 4.95. The number of hydrogen-bond acceptors (Lipinski definition) is 2. The molecule has 0 aliphatic heterocycles. The second-order valence-electron chi connectivity index (χ2n) is 2.98. The number of rotatable bonds is 4. The average molecular weight is 199 g/mol. The third-order valence-corrected chi connectivity index (χ3v) is 2.24. The predicted molar refractivity (Wildman–Crippen MR) is 58.1 cm³/mol. The fraction of sp³-hybridized carbons (Fsp3) is 0.400. The number of anilines is 1. The van der Waals surface area contributed by atoms with E-state index in [2.05, 4.69) is 17.5 Å². The molecule has 13 heavy (non-hydrogen) atoms. The van der Waals surface area contributed by atoms with Gasteiger partial charge in [0.2, 0.25) is 0 Å². The van der Waals surface area contributed by atoms with Gasteiger partial charge < -0.3 is 4.90 Å². The maximum Gasteiger partial charge on any atom is 0.123 e. The summed E-state index contributed by atoms with van der Waals surface area (Å²) in [7, 11) is 2.00. The van der Waals surface area contributed by atoms with E-state index in [9.17, 15) is 4.39 Å². The van der Waals surface area contributed by atoms with Crippen LogP contribution in [0.15, 0.2) is 24.3 Å². The fourth-order valence-electron chi connectivity index (χ4n) is 1.13. The average Bonchev–Trinajstić information content (AvgIpc) is 2.15. The maximum atomic E-state index is 12.6. The third kappa shape index (κ3) is 3.27. The van der Waals surface area contributed by atoms with Crippen LogP contribution in [0.25, 0.3) is 0 Å². The van der Waals surface area contributed by atoms with Gasteiger partial charge in [0.25, 0.3) is 0 Å². The molecule has 0 aliphatic carbocycles. The lowest BCUT2D eigenvalue weighted by Crippen LogP contribution is -2.18. The van der Waals surface area contributed by atoms with Gasteiger partial charge in [-0.3, -0.25) is 0 Å². The van der Waals surface area contributed by atoms with Crippen LogP contribution in [0.1, 0.15) is 6.42 Å². The van der Waals surface area contributed by atoms with E-state index in [0.717, 1.165) is 24.4 Å². The third-order valence-electron chi connectivity index (χ3n) is 1.92. The van der Waals surface area contributed by atoms with Crippen LogP contribution in [0.5, 0.6) is 0 Å². The Hall–Kier alpha value is -0.700. The Bertz CT molecular complexity index is 248. The summed E-state index contributed by atoms with van der Waals surface area (Å²) in [5.74, 6) is 0.692. The molecule has 3 heteroatoms. The molecule has 0 spiro atoms. The van der Waals surface area contributed by atoms with Gasteiger partial charge >= 0.3 is 0 Å². The van der Waals surface area contributed by atoms with E-state index in [1.54, 1.807) is 12.1 Å². The van der Waals surface area contributed by atoms with Gasteiger partial charge in [0.15, 0.2) is 0 Å². The van der Waals surface area contributed by atoms with Crippen molar-refractivity contribution in [2.45, 2.75) is 6.42 Å². The van der Waals surface area contributed by atoms with Gasteiger partial charge in [0.05, 0.1) is 0 Å². The Kier molecular flexibility index (Phi) is 4.09. The predicted octanol–water partition coefficient (Wildman–Crippen LogP) is 2.58. The first kappa shape index (κ1) is 10.4. The highest BCUT2D eigenvalue weighted by Crippen LogP contribution is 2.12. The molecule has 0 saturated carbocycles. The van der Waals surface area contributed by atoms with Crippen molar-refractivity contribution in [2.75, 3.05) is 24.2 Å². The Labute approximate surface area is 84.0 Å². The van der Waals surface area contributed by atoms with Crippen molar-refractivity contribution in [2.24, 2.45) is 0 Å². The van der Waals surface area contributed by atoms with E-state index in [4.69, 9.17) is 0 Å². The van der Waals surface area contributed by atoms with Gasteiger partial charge in [0, 0.05) is 19.3 Å².